The Morgan fingerprint density at radius 3 is 2.29 bits per heavy atom. The van der Waals surface area contributed by atoms with Crippen molar-refractivity contribution >= 4 is 5.97 Å². The lowest BCUT2D eigenvalue weighted by molar-refractivity contribution is -0.203. The number of aliphatic hydroxyl groups is 1. The van der Waals surface area contributed by atoms with Crippen molar-refractivity contribution in [2.75, 3.05) is 7.11 Å². The third-order valence-electron chi connectivity index (χ3n) is 13.2. The molecule has 0 aliphatic heterocycles. The van der Waals surface area contributed by atoms with Crippen molar-refractivity contribution < 1.29 is 14.6 Å². The number of carbonyl (C=O) groups is 1. The molecule has 4 saturated carbocycles. The zero-order valence-electron chi connectivity index (χ0n) is 22.8. The average molecular weight is 469 g/mol. The van der Waals surface area contributed by atoms with Crippen molar-refractivity contribution in [1.29, 1.82) is 0 Å². The van der Waals surface area contributed by atoms with Crippen LogP contribution in [0.5, 0.6) is 0 Å². The van der Waals surface area contributed by atoms with Crippen molar-refractivity contribution in [3.05, 3.63) is 23.8 Å². The maximum absolute atomic E-state index is 13.0. The smallest absolute Gasteiger partial charge is 0.318 e. The number of fused-ring (bicyclic) bond motifs is 7. The van der Waals surface area contributed by atoms with Crippen molar-refractivity contribution in [1.82, 2.24) is 0 Å². The minimum absolute atomic E-state index is 0.0587. The van der Waals surface area contributed by atoms with Gasteiger partial charge in [0, 0.05) is 0 Å². The Kier molecular flexibility index (Phi) is 5.40. The molecule has 34 heavy (non-hydrogen) atoms. The van der Waals surface area contributed by atoms with E-state index >= 15 is 0 Å². The molecular formula is C31H48O3. The molecule has 0 radical (unpaired) electrons. The van der Waals surface area contributed by atoms with Gasteiger partial charge in [-0.2, -0.15) is 0 Å². The standard InChI is InChI=1S/C31H48O3/c1-19(2)20-11-15-27(3)21(20)12-17-29(5)22(27)9-10-23-28(4)16-14-25(32)31(7,26(33)34-8)24(28)13-18-30(23,29)6/h13,20-23,25,32H,1,9-12,14-18H2,2-8H3/t20-,21-,22?,23+,25+,27-,28+,29+,30+,31+/m0/s1. The van der Waals surface area contributed by atoms with E-state index in [2.05, 4.69) is 47.3 Å². The van der Waals surface area contributed by atoms with Crippen LogP contribution in [-0.2, 0) is 9.53 Å². The third kappa shape index (κ3) is 2.72. The van der Waals surface area contributed by atoms with Gasteiger partial charge in [0.25, 0.3) is 0 Å². The second-order valence-corrected chi connectivity index (χ2v) is 14.1. The van der Waals surface area contributed by atoms with Gasteiger partial charge >= 0.3 is 5.97 Å². The highest BCUT2D eigenvalue weighted by Gasteiger charge is 2.70. The van der Waals surface area contributed by atoms with Crippen LogP contribution in [-0.4, -0.2) is 24.3 Å². The molecule has 0 saturated heterocycles. The van der Waals surface area contributed by atoms with Crippen LogP contribution in [0, 0.1) is 50.7 Å². The lowest BCUT2D eigenvalue weighted by Crippen LogP contribution is -2.65. The van der Waals surface area contributed by atoms with Crippen LogP contribution >= 0.6 is 0 Å². The Hall–Kier alpha value is -1.09. The Balaban J connectivity index is 1.57. The van der Waals surface area contributed by atoms with E-state index in [0.717, 1.165) is 24.7 Å². The number of rotatable bonds is 2. The summed E-state index contributed by atoms with van der Waals surface area (Å²) in [6, 6.07) is 0. The van der Waals surface area contributed by atoms with Gasteiger partial charge < -0.3 is 9.84 Å². The molecule has 1 unspecified atom stereocenters. The van der Waals surface area contributed by atoms with Gasteiger partial charge in [-0.1, -0.05) is 45.9 Å². The summed E-state index contributed by atoms with van der Waals surface area (Å²) in [6.07, 6.45) is 12.2. The number of esters is 1. The van der Waals surface area contributed by atoms with Gasteiger partial charge in [-0.05, 0) is 123 Å². The molecule has 0 amide bonds. The van der Waals surface area contributed by atoms with Crippen LogP contribution < -0.4 is 0 Å². The third-order valence-corrected chi connectivity index (χ3v) is 13.2. The van der Waals surface area contributed by atoms with Crippen LogP contribution in [0.4, 0.5) is 0 Å². The molecule has 3 nitrogen and oxygen atoms in total. The fraction of sp³-hybridized carbons (Fsp3) is 0.839. The molecular weight excluding hydrogens is 420 g/mol. The van der Waals surface area contributed by atoms with Crippen molar-refractivity contribution in [3.63, 3.8) is 0 Å². The molecule has 0 heterocycles. The number of hydrogen-bond acceptors (Lipinski definition) is 3. The molecule has 4 fully saturated rings. The normalized spacial score (nSPS) is 54.1. The van der Waals surface area contributed by atoms with Gasteiger partial charge in [-0.25, -0.2) is 0 Å². The zero-order chi connectivity index (χ0) is 24.9. The summed E-state index contributed by atoms with van der Waals surface area (Å²) in [6.45, 7) is 18.9. The number of ether oxygens (including phenoxy) is 1. The highest BCUT2D eigenvalue weighted by Crippen LogP contribution is 2.77. The Bertz CT molecular complexity index is 935. The lowest BCUT2D eigenvalue weighted by atomic mass is 9.33. The van der Waals surface area contributed by atoms with Crippen molar-refractivity contribution in [2.45, 2.75) is 105 Å². The minimum atomic E-state index is -0.926. The summed E-state index contributed by atoms with van der Waals surface area (Å²) in [5.41, 5.74) is 2.51. The van der Waals surface area contributed by atoms with Crippen LogP contribution in [0.15, 0.2) is 23.8 Å². The monoisotopic (exact) mass is 468 g/mol. The fourth-order valence-corrected chi connectivity index (χ4v) is 11.2. The van der Waals surface area contributed by atoms with Crippen LogP contribution in [0.25, 0.3) is 0 Å². The van der Waals surface area contributed by atoms with Crippen molar-refractivity contribution in [3.8, 4) is 0 Å². The highest BCUT2D eigenvalue weighted by atomic mass is 16.5. The zero-order valence-corrected chi connectivity index (χ0v) is 22.8. The van der Waals surface area contributed by atoms with Crippen LogP contribution in [0.2, 0.25) is 0 Å². The van der Waals surface area contributed by atoms with E-state index in [-0.39, 0.29) is 16.8 Å². The van der Waals surface area contributed by atoms with Crippen LogP contribution in [0.3, 0.4) is 0 Å². The highest BCUT2D eigenvalue weighted by molar-refractivity contribution is 5.82. The first-order valence-corrected chi connectivity index (χ1v) is 13.9. The summed E-state index contributed by atoms with van der Waals surface area (Å²) < 4.78 is 5.27. The van der Waals surface area contributed by atoms with E-state index in [4.69, 9.17) is 4.74 Å². The maximum Gasteiger partial charge on any atom is 0.318 e. The predicted molar refractivity (Wildman–Crippen MR) is 137 cm³/mol. The first-order chi connectivity index (χ1) is 15.8. The number of aliphatic hydroxyl groups excluding tert-OH is 1. The van der Waals surface area contributed by atoms with Gasteiger partial charge in [-0.15, -0.1) is 0 Å². The molecule has 0 aromatic carbocycles. The molecule has 0 spiro atoms. The van der Waals surface area contributed by atoms with E-state index in [9.17, 15) is 9.90 Å². The molecule has 5 rings (SSSR count). The number of allylic oxidation sites excluding steroid dienone is 2. The Morgan fingerprint density at radius 2 is 1.65 bits per heavy atom. The second kappa shape index (κ2) is 7.46. The van der Waals surface area contributed by atoms with Gasteiger partial charge in [-0.3, -0.25) is 4.79 Å². The molecule has 10 atom stereocenters. The van der Waals surface area contributed by atoms with Gasteiger partial charge in [0.05, 0.1) is 13.2 Å². The van der Waals surface area contributed by atoms with Gasteiger partial charge in [0.1, 0.15) is 5.41 Å². The lowest BCUT2D eigenvalue weighted by Gasteiger charge is -2.71. The van der Waals surface area contributed by atoms with E-state index in [1.807, 2.05) is 6.92 Å². The summed E-state index contributed by atoms with van der Waals surface area (Å²) in [5, 5.41) is 11.0. The summed E-state index contributed by atoms with van der Waals surface area (Å²) in [7, 11) is 1.46. The van der Waals surface area contributed by atoms with E-state index in [1.54, 1.807) is 0 Å². The van der Waals surface area contributed by atoms with Gasteiger partial charge in [0.15, 0.2) is 0 Å². The van der Waals surface area contributed by atoms with E-state index < -0.39 is 11.5 Å². The number of methoxy groups -OCH3 is 1. The topological polar surface area (TPSA) is 46.5 Å². The molecule has 0 aromatic heterocycles. The molecule has 5 aliphatic rings. The van der Waals surface area contributed by atoms with Crippen molar-refractivity contribution in [2.24, 2.45) is 50.7 Å². The summed E-state index contributed by atoms with van der Waals surface area (Å²) in [4.78, 5) is 13.0. The summed E-state index contributed by atoms with van der Waals surface area (Å²) >= 11 is 0. The molecule has 1 N–H and O–H groups in total. The predicted octanol–water partition coefficient (Wildman–Crippen LogP) is 7.10. The first-order valence-electron chi connectivity index (χ1n) is 13.9. The van der Waals surface area contributed by atoms with E-state index in [1.165, 1.54) is 56.8 Å². The average Bonchev–Trinajstić information content (AvgIpc) is 3.14. The Labute approximate surface area is 207 Å². The molecule has 3 heteroatoms. The SMILES string of the molecule is C=C(C)[C@@H]1CC[C@]2(C)C3CC[C@@H]4[C@@]5(C)CC[C@@H](O)[C@](C)(C(=O)OC)C5=CC[C@@]4(C)[C@]3(C)CC[C@@H]12. The summed E-state index contributed by atoms with van der Waals surface area (Å²) in [5.74, 6) is 2.52. The quantitative estimate of drug-likeness (QED) is 0.347. The number of hydrogen-bond donors (Lipinski definition) is 1. The maximum atomic E-state index is 13.0. The molecule has 0 bridgehead atoms. The van der Waals surface area contributed by atoms with Gasteiger partial charge in [0.2, 0.25) is 0 Å². The van der Waals surface area contributed by atoms with E-state index in [0.29, 0.717) is 29.1 Å². The largest absolute Gasteiger partial charge is 0.468 e. The minimum Gasteiger partial charge on any atom is -0.468 e. The van der Waals surface area contributed by atoms with Crippen LogP contribution in [0.1, 0.15) is 99.3 Å². The molecule has 190 valence electrons. The molecule has 0 aromatic rings. The molecule has 5 aliphatic carbocycles. The fourth-order valence-electron chi connectivity index (χ4n) is 11.2. The Morgan fingerprint density at radius 1 is 0.971 bits per heavy atom. The second-order valence-electron chi connectivity index (χ2n) is 14.1. The number of carbonyl (C=O) groups excluding carboxylic acids is 1. The first kappa shape index (κ1) is 24.6.